The fourth-order valence-electron chi connectivity index (χ4n) is 3.69. The Kier molecular flexibility index (Phi) is 5.58. The molecule has 5 heteroatoms. The van der Waals surface area contributed by atoms with Gasteiger partial charge in [-0.15, -0.1) is 0 Å². The second kappa shape index (κ2) is 8.48. The molecule has 1 N–H and O–H groups in total. The predicted molar refractivity (Wildman–Crippen MR) is 124 cm³/mol. The number of carbonyl (C=O) groups excluding carboxylic acids is 1. The minimum atomic E-state index is -0.210. The van der Waals surface area contributed by atoms with E-state index in [1.807, 2.05) is 68.4 Å². The summed E-state index contributed by atoms with van der Waals surface area (Å²) < 4.78 is 5.51. The first-order chi connectivity index (χ1) is 15.0. The number of hydrogen-bond donors (Lipinski definition) is 1. The van der Waals surface area contributed by atoms with E-state index in [1.54, 1.807) is 30.2 Å². The number of hydrogen-bond acceptors (Lipinski definition) is 3. The van der Waals surface area contributed by atoms with Crippen LogP contribution in [0.2, 0.25) is 0 Å². The molecule has 5 nitrogen and oxygen atoms in total. The number of pyridine rings is 1. The maximum Gasteiger partial charge on any atom is 0.258 e. The highest BCUT2D eigenvalue weighted by molar-refractivity contribution is 6.06. The summed E-state index contributed by atoms with van der Waals surface area (Å²) in [6, 6.07) is 22.5. The molecular formula is C26H24N2O3. The van der Waals surface area contributed by atoms with Crippen molar-refractivity contribution in [3.63, 3.8) is 0 Å². The molecule has 3 aromatic carbocycles. The van der Waals surface area contributed by atoms with Crippen molar-refractivity contribution in [2.75, 3.05) is 12.0 Å². The predicted octanol–water partition coefficient (Wildman–Crippen LogP) is 5.00. The largest absolute Gasteiger partial charge is 0.495 e. The number of H-pyrrole nitrogens is 1. The van der Waals surface area contributed by atoms with E-state index in [0.717, 1.165) is 22.0 Å². The number of para-hydroxylation sites is 3. The molecule has 4 rings (SSSR count). The molecule has 1 aromatic heterocycles. The number of ether oxygens (including phenoxy) is 1. The van der Waals surface area contributed by atoms with Crippen molar-refractivity contribution >= 4 is 22.5 Å². The Bertz CT molecular complexity index is 1310. The van der Waals surface area contributed by atoms with Crippen molar-refractivity contribution < 1.29 is 9.53 Å². The van der Waals surface area contributed by atoms with Crippen molar-refractivity contribution in [1.82, 2.24) is 4.98 Å². The number of methoxy groups -OCH3 is 1. The zero-order chi connectivity index (χ0) is 22.0. The summed E-state index contributed by atoms with van der Waals surface area (Å²) in [4.78, 5) is 31.0. The number of rotatable bonds is 5. The summed E-state index contributed by atoms with van der Waals surface area (Å²) in [7, 11) is 1.57. The van der Waals surface area contributed by atoms with Gasteiger partial charge in [-0.3, -0.25) is 9.59 Å². The first kappa shape index (κ1) is 20.4. The van der Waals surface area contributed by atoms with Crippen LogP contribution in [0.25, 0.3) is 10.9 Å². The average molecular weight is 412 g/mol. The Morgan fingerprint density at radius 2 is 1.71 bits per heavy atom. The zero-order valence-electron chi connectivity index (χ0n) is 17.8. The van der Waals surface area contributed by atoms with Crippen molar-refractivity contribution in [3.8, 4) is 5.75 Å². The van der Waals surface area contributed by atoms with E-state index in [1.165, 1.54) is 0 Å². The van der Waals surface area contributed by atoms with Crippen LogP contribution in [-0.2, 0) is 6.54 Å². The van der Waals surface area contributed by atoms with Gasteiger partial charge in [-0.2, -0.15) is 0 Å². The van der Waals surface area contributed by atoms with E-state index in [9.17, 15) is 9.59 Å². The summed E-state index contributed by atoms with van der Waals surface area (Å²) >= 11 is 0. The lowest BCUT2D eigenvalue weighted by molar-refractivity contribution is 0.0984. The fraction of sp³-hybridized carbons (Fsp3) is 0.154. The highest BCUT2D eigenvalue weighted by Crippen LogP contribution is 2.30. The molecule has 156 valence electrons. The van der Waals surface area contributed by atoms with Gasteiger partial charge in [-0.05, 0) is 55.1 Å². The van der Waals surface area contributed by atoms with Crippen LogP contribution in [-0.4, -0.2) is 18.0 Å². The minimum Gasteiger partial charge on any atom is -0.495 e. The van der Waals surface area contributed by atoms with Gasteiger partial charge >= 0.3 is 0 Å². The van der Waals surface area contributed by atoms with Crippen molar-refractivity contribution in [1.29, 1.82) is 0 Å². The molecular weight excluding hydrogens is 388 g/mol. The Morgan fingerprint density at radius 1 is 0.968 bits per heavy atom. The number of benzene rings is 3. The molecule has 0 atom stereocenters. The first-order valence-electron chi connectivity index (χ1n) is 10.1. The van der Waals surface area contributed by atoms with E-state index in [-0.39, 0.29) is 18.0 Å². The summed E-state index contributed by atoms with van der Waals surface area (Å²) in [6.45, 7) is 4.05. The van der Waals surface area contributed by atoms with Crippen LogP contribution in [0.5, 0.6) is 5.75 Å². The maximum absolute atomic E-state index is 13.5. The molecule has 0 saturated carbocycles. The Hall–Kier alpha value is -3.86. The van der Waals surface area contributed by atoms with Crippen LogP contribution in [0.1, 0.15) is 27.0 Å². The normalized spacial score (nSPS) is 10.8. The lowest BCUT2D eigenvalue weighted by Crippen LogP contribution is -2.33. The van der Waals surface area contributed by atoms with Crippen molar-refractivity contribution in [2.45, 2.75) is 20.4 Å². The second-order valence-electron chi connectivity index (χ2n) is 7.59. The fourth-order valence-corrected chi connectivity index (χ4v) is 3.69. The van der Waals surface area contributed by atoms with E-state index in [4.69, 9.17) is 4.74 Å². The van der Waals surface area contributed by atoms with Gasteiger partial charge in [0, 0.05) is 11.1 Å². The molecule has 1 heterocycles. The quantitative estimate of drug-likeness (QED) is 0.502. The van der Waals surface area contributed by atoms with Gasteiger partial charge in [0.2, 0.25) is 0 Å². The highest BCUT2D eigenvalue weighted by Gasteiger charge is 2.22. The van der Waals surface area contributed by atoms with Crippen LogP contribution in [0.3, 0.4) is 0 Å². The third-order valence-electron chi connectivity index (χ3n) is 5.41. The molecule has 0 aliphatic rings. The molecule has 0 aliphatic heterocycles. The summed E-state index contributed by atoms with van der Waals surface area (Å²) in [5, 5.41) is 0.928. The standard InChI is InChI=1S/C26H24N2O3/c1-17-11-13-19(14-12-17)26(30)28(22-9-4-5-10-23(22)31-3)16-21-15-20-8-6-7-18(2)24(20)27-25(21)29/h4-15H,16H2,1-3H3,(H,27,29). The molecule has 0 unspecified atom stereocenters. The zero-order valence-corrected chi connectivity index (χ0v) is 17.8. The SMILES string of the molecule is COc1ccccc1N(Cc1cc2cccc(C)c2[nH]c1=O)C(=O)c1ccc(C)cc1. The van der Waals surface area contributed by atoms with Gasteiger partial charge in [-0.1, -0.05) is 48.0 Å². The highest BCUT2D eigenvalue weighted by atomic mass is 16.5. The molecule has 31 heavy (non-hydrogen) atoms. The maximum atomic E-state index is 13.5. The van der Waals surface area contributed by atoms with Gasteiger partial charge in [0.1, 0.15) is 5.75 Å². The summed E-state index contributed by atoms with van der Waals surface area (Å²) in [5.41, 5.74) is 4.33. The molecule has 0 bridgehead atoms. The number of fused-ring (bicyclic) bond motifs is 1. The number of nitrogens with one attached hydrogen (secondary N) is 1. The lowest BCUT2D eigenvalue weighted by Gasteiger charge is -2.25. The van der Waals surface area contributed by atoms with E-state index < -0.39 is 0 Å². The van der Waals surface area contributed by atoms with Crippen LogP contribution in [0.15, 0.2) is 77.6 Å². The molecule has 0 spiro atoms. The van der Waals surface area contributed by atoms with Gasteiger partial charge in [0.15, 0.2) is 0 Å². The van der Waals surface area contributed by atoms with Crippen molar-refractivity contribution in [3.05, 3.63) is 105 Å². The van der Waals surface area contributed by atoms with Crippen LogP contribution >= 0.6 is 0 Å². The Morgan fingerprint density at radius 3 is 2.45 bits per heavy atom. The topological polar surface area (TPSA) is 62.4 Å². The molecule has 0 aliphatic carbocycles. The van der Waals surface area contributed by atoms with Crippen LogP contribution in [0, 0.1) is 13.8 Å². The number of aromatic nitrogens is 1. The number of amides is 1. The number of aromatic amines is 1. The Balaban J connectivity index is 1.82. The van der Waals surface area contributed by atoms with Gasteiger partial charge in [-0.25, -0.2) is 0 Å². The van der Waals surface area contributed by atoms with Crippen molar-refractivity contribution in [2.24, 2.45) is 0 Å². The monoisotopic (exact) mass is 412 g/mol. The smallest absolute Gasteiger partial charge is 0.258 e. The van der Waals surface area contributed by atoms with Gasteiger partial charge in [0.05, 0.1) is 24.9 Å². The molecule has 0 fully saturated rings. The van der Waals surface area contributed by atoms with Gasteiger partial charge < -0.3 is 14.6 Å². The average Bonchev–Trinajstić information content (AvgIpc) is 2.78. The van der Waals surface area contributed by atoms with E-state index in [2.05, 4.69) is 4.98 Å². The molecule has 0 radical (unpaired) electrons. The van der Waals surface area contributed by atoms with Crippen LogP contribution < -0.4 is 15.2 Å². The number of aryl methyl sites for hydroxylation is 2. The Labute approximate surface area is 180 Å². The van der Waals surface area contributed by atoms with E-state index in [0.29, 0.717) is 22.6 Å². The third kappa shape index (κ3) is 4.08. The van der Waals surface area contributed by atoms with E-state index >= 15 is 0 Å². The second-order valence-corrected chi connectivity index (χ2v) is 7.59. The molecule has 1 amide bonds. The lowest BCUT2D eigenvalue weighted by atomic mass is 10.1. The third-order valence-corrected chi connectivity index (χ3v) is 5.41. The molecule has 0 saturated heterocycles. The molecule has 4 aromatic rings. The number of nitrogens with zero attached hydrogens (tertiary/aromatic N) is 1. The summed E-state index contributed by atoms with van der Waals surface area (Å²) in [6.07, 6.45) is 0. The summed E-state index contributed by atoms with van der Waals surface area (Å²) in [5.74, 6) is 0.365. The first-order valence-corrected chi connectivity index (χ1v) is 10.1. The number of carbonyl (C=O) groups is 1. The number of anilines is 1. The van der Waals surface area contributed by atoms with Crippen LogP contribution in [0.4, 0.5) is 5.69 Å². The minimum absolute atomic E-state index is 0.117. The van der Waals surface area contributed by atoms with Gasteiger partial charge in [0.25, 0.3) is 11.5 Å².